The molecule has 0 aliphatic carbocycles. The Morgan fingerprint density at radius 2 is 1.92 bits per heavy atom. The second kappa shape index (κ2) is 8.25. The van der Waals surface area contributed by atoms with Gasteiger partial charge in [0.2, 0.25) is 5.91 Å². The molecule has 0 heterocycles. The van der Waals surface area contributed by atoms with E-state index in [4.69, 9.17) is 10.5 Å². The molecular weight excluding hydrogens is 306 g/mol. The zero-order valence-electron chi connectivity index (χ0n) is 13.1. The van der Waals surface area contributed by atoms with Crippen molar-refractivity contribution in [3.05, 3.63) is 59.7 Å². The number of hydrogen-bond donors (Lipinski definition) is 3. The van der Waals surface area contributed by atoms with Gasteiger partial charge in [0.25, 0.3) is 0 Å². The number of rotatable bonds is 4. The number of primary amides is 1. The molecule has 0 bridgehead atoms. The van der Waals surface area contributed by atoms with Gasteiger partial charge in [0, 0.05) is 22.9 Å². The van der Waals surface area contributed by atoms with E-state index in [2.05, 4.69) is 22.5 Å². The molecule has 24 heavy (non-hydrogen) atoms. The highest BCUT2D eigenvalue weighted by atomic mass is 16.5. The summed E-state index contributed by atoms with van der Waals surface area (Å²) in [5, 5.41) is 5.32. The SMILES string of the molecule is COc1cccc(NC(=O)NCC#Cc2ccc(C(N)=O)cc2)c1. The van der Waals surface area contributed by atoms with Crippen molar-refractivity contribution in [2.24, 2.45) is 5.73 Å². The fourth-order valence-corrected chi connectivity index (χ4v) is 1.86. The first kappa shape index (κ1) is 16.9. The van der Waals surface area contributed by atoms with Gasteiger partial charge in [0.05, 0.1) is 13.7 Å². The number of carbonyl (C=O) groups is 2. The van der Waals surface area contributed by atoms with E-state index in [0.717, 1.165) is 5.56 Å². The molecule has 0 aliphatic rings. The fraction of sp³-hybridized carbons (Fsp3) is 0.111. The standard InChI is InChI=1S/C18H17N3O3/c1-24-16-6-2-5-15(12-16)21-18(23)20-11-3-4-13-7-9-14(10-8-13)17(19)22/h2,5-10,12H,11H2,1H3,(H2,19,22)(H2,20,21,23). The van der Waals surface area contributed by atoms with Gasteiger partial charge in [-0.1, -0.05) is 17.9 Å². The number of carbonyl (C=O) groups excluding carboxylic acids is 2. The second-order valence-electron chi connectivity index (χ2n) is 4.78. The van der Waals surface area contributed by atoms with Crippen LogP contribution in [0.15, 0.2) is 48.5 Å². The van der Waals surface area contributed by atoms with E-state index < -0.39 is 5.91 Å². The van der Waals surface area contributed by atoms with Crippen molar-refractivity contribution in [2.75, 3.05) is 19.0 Å². The summed E-state index contributed by atoms with van der Waals surface area (Å²) < 4.78 is 5.08. The lowest BCUT2D eigenvalue weighted by molar-refractivity contribution is 0.100. The number of methoxy groups -OCH3 is 1. The molecular formula is C18H17N3O3. The van der Waals surface area contributed by atoms with E-state index in [0.29, 0.717) is 17.0 Å². The first-order chi connectivity index (χ1) is 11.6. The highest BCUT2D eigenvalue weighted by Crippen LogP contribution is 2.16. The van der Waals surface area contributed by atoms with Gasteiger partial charge >= 0.3 is 6.03 Å². The molecule has 3 amide bonds. The summed E-state index contributed by atoms with van der Waals surface area (Å²) in [5.41, 5.74) is 6.95. The Hall–Kier alpha value is -3.46. The third kappa shape index (κ3) is 5.07. The number of amides is 3. The molecule has 0 fully saturated rings. The topological polar surface area (TPSA) is 93.4 Å². The van der Waals surface area contributed by atoms with Crippen LogP contribution >= 0.6 is 0 Å². The molecule has 0 radical (unpaired) electrons. The maximum atomic E-state index is 11.8. The average molecular weight is 323 g/mol. The smallest absolute Gasteiger partial charge is 0.319 e. The molecule has 2 aromatic carbocycles. The average Bonchev–Trinajstić information content (AvgIpc) is 2.59. The third-order valence-corrected chi connectivity index (χ3v) is 3.07. The van der Waals surface area contributed by atoms with Gasteiger partial charge in [-0.15, -0.1) is 0 Å². The third-order valence-electron chi connectivity index (χ3n) is 3.07. The van der Waals surface area contributed by atoms with E-state index in [9.17, 15) is 9.59 Å². The number of anilines is 1. The summed E-state index contributed by atoms with van der Waals surface area (Å²) in [6, 6.07) is 13.3. The van der Waals surface area contributed by atoms with Crippen LogP contribution in [0.5, 0.6) is 5.75 Å². The molecule has 0 aromatic heterocycles. The molecule has 0 aliphatic heterocycles. The lowest BCUT2D eigenvalue weighted by Gasteiger charge is -2.06. The van der Waals surface area contributed by atoms with E-state index in [-0.39, 0.29) is 12.6 Å². The quantitative estimate of drug-likeness (QED) is 0.751. The Bertz CT molecular complexity index is 789. The van der Waals surface area contributed by atoms with Gasteiger partial charge in [-0.2, -0.15) is 0 Å². The number of benzene rings is 2. The molecule has 122 valence electrons. The predicted molar refractivity (Wildman–Crippen MR) is 91.9 cm³/mol. The lowest BCUT2D eigenvalue weighted by atomic mass is 10.1. The van der Waals surface area contributed by atoms with Crippen molar-refractivity contribution >= 4 is 17.6 Å². The minimum Gasteiger partial charge on any atom is -0.497 e. The molecule has 0 atom stereocenters. The van der Waals surface area contributed by atoms with Crippen LogP contribution in [0.2, 0.25) is 0 Å². The predicted octanol–water partition coefficient (Wildman–Crippen LogP) is 1.97. The van der Waals surface area contributed by atoms with Gasteiger partial charge < -0.3 is 21.1 Å². The van der Waals surface area contributed by atoms with Gasteiger partial charge in [-0.05, 0) is 36.4 Å². The summed E-state index contributed by atoms with van der Waals surface area (Å²) in [6.07, 6.45) is 0. The summed E-state index contributed by atoms with van der Waals surface area (Å²) in [5.74, 6) is 5.89. The van der Waals surface area contributed by atoms with E-state index in [1.165, 1.54) is 0 Å². The molecule has 0 saturated carbocycles. The Morgan fingerprint density at radius 1 is 1.17 bits per heavy atom. The van der Waals surface area contributed by atoms with Crippen molar-refractivity contribution < 1.29 is 14.3 Å². The minimum absolute atomic E-state index is 0.188. The number of ether oxygens (including phenoxy) is 1. The van der Waals surface area contributed by atoms with Gasteiger partial charge in [-0.3, -0.25) is 4.79 Å². The lowest BCUT2D eigenvalue weighted by Crippen LogP contribution is -2.28. The van der Waals surface area contributed by atoms with Crippen LogP contribution in [0.3, 0.4) is 0 Å². The highest BCUT2D eigenvalue weighted by Gasteiger charge is 2.01. The van der Waals surface area contributed by atoms with Crippen LogP contribution in [-0.4, -0.2) is 25.6 Å². The minimum atomic E-state index is -0.481. The summed E-state index contributed by atoms with van der Waals surface area (Å²) in [4.78, 5) is 22.7. The molecule has 4 N–H and O–H groups in total. The normalized spacial score (nSPS) is 9.38. The molecule has 0 spiro atoms. The van der Waals surface area contributed by atoms with Crippen LogP contribution in [-0.2, 0) is 0 Å². The first-order valence-electron chi connectivity index (χ1n) is 7.16. The number of nitrogens with two attached hydrogens (primary N) is 1. The van der Waals surface area contributed by atoms with E-state index in [1.54, 1.807) is 55.6 Å². The van der Waals surface area contributed by atoms with Gasteiger partial charge in [0.1, 0.15) is 5.75 Å². The largest absolute Gasteiger partial charge is 0.497 e. The van der Waals surface area contributed by atoms with Crippen molar-refractivity contribution in [1.29, 1.82) is 0 Å². The molecule has 0 saturated heterocycles. The van der Waals surface area contributed by atoms with Crippen molar-refractivity contribution in [3.8, 4) is 17.6 Å². The number of urea groups is 1. The summed E-state index contributed by atoms with van der Waals surface area (Å²) in [6.45, 7) is 0.188. The monoisotopic (exact) mass is 323 g/mol. The zero-order chi connectivity index (χ0) is 17.4. The van der Waals surface area contributed by atoms with Crippen LogP contribution in [0.1, 0.15) is 15.9 Å². The fourth-order valence-electron chi connectivity index (χ4n) is 1.86. The second-order valence-corrected chi connectivity index (χ2v) is 4.78. The van der Waals surface area contributed by atoms with E-state index >= 15 is 0 Å². The molecule has 6 heteroatoms. The molecule has 6 nitrogen and oxygen atoms in total. The molecule has 2 rings (SSSR count). The van der Waals surface area contributed by atoms with Gasteiger partial charge in [-0.25, -0.2) is 4.79 Å². The Labute approximate surface area is 140 Å². The van der Waals surface area contributed by atoms with Crippen LogP contribution in [0.4, 0.5) is 10.5 Å². The summed E-state index contributed by atoms with van der Waals surface area (Å²) in [7, 11) is 1.56. The maximum Gasteiger partial charge on any atom is 0.319 e. The number of nitrogens with one attached hydrogen (secondary N) is 2. The van der Waals surface area contributed by atoms with Crippen LogP contribution in [0.25, 0.3) is 0 Å². The van der Waals surface area contributed by atoms with Crippen LogP contribution < -0.4 is 21.1 Å². The van der Waals surface area contributed by atoms with Crippen molar-refractivity contribution in [2.45, 2.75) is 0 Å². The first-order valence-corrected chi connectivity index (χ1v) is 7.16. The maximum absolute atomic E-state index is 11.8. The van der Waals surface area contributed by atoms with Crippen molar-refractivity contribution in [3.63, 3.8) is 0 Å². The summed E-state index contributed by atoms with van der Waals surface area (Å²) >= 11 is 0. The Kier molecular flexibility index (Phi) is 5.81. The van der Waals surface area contributed by atoms with Gasteiger partial charge in [0.15, 0.2) is 0 Å². The van der Waals surface area contributed by atoms with Crippen LogP contribution in [0, 0.1) is 11.8 Å². The number of hydrogen-bond acceptors (Lipinski definition) is 3. The Morgan fingerprint density at radius 3 is 2.58 bits per heavy atom. The molecule has 0 unspecified atom stereocenters. The highest BCUT2D eigenvalue weighted by molar-refractivity contribution is 5.92. The van der Waals surface area contributed by atoms with E-state index in [1.807, 2.05) is 0 Å². The van der Waals surface area contributed by atoms with Crippen molar-refractivity contribution in [1.82, 2.24) is 5.32 Å². The Balaban J connectivity index is 1.83. The zero-order valence-corrected chi connectivity index (χ0v) is 13.1. The molecule has 2 aromatic rings.